The molecular weight excluding hydrogens is 328 g/mol. The van der Waals surface area contributed by atoms with Crippen LogP contribution in [-0.2, 0) is 9.53 Å². The number of ether oxygens (including phenoxy) is 1. The molecule has 1 saturated carbocycles. The van der Waals surface area contributed by atoms with Crippen molar-refractivity contribution in [2.75, 3.05) is 11.9 Å². The Labute approximate surface area is 156 Å². The topological polar surface area (TPSA) is 67.4 Å². The van der Waals surface area contributed by atoms with Crippen LogP contribution in [0.2, 0.25) is 0 Å². The number of carbonyl (C=O) groups excluding carboxylic acids is 2. The normalized spacial score (nSPS) is 20.0. The van der Waals surface area contributed by atoms with Crippen molar-refractivity contribution in [3.05, 3.63) is 29.8 Å². The molecule has 144 valence electrons. The molecule has 1 aromatic rings. The Bertz CT molecular complexity index is 601. The van der Waals surface area contributed by atoms with Gasteiger partial charge < -0.3 is 15.4 Å². The van der Waals surface area contributed by atoms with Gasteiger partial charge in [-0.25, -0.2) is 0 Å². The standard InChI is InChI=1S/C21H32N2O3/c1-4-20(24)22-17-9-7-8-16(14-17)21(25)23-18-10-5-6-11-19(18)26-13-12-15(2)3/h7-9,14-15,18-19H,4-6,10-13H2,1-3H3,(H,22,24)(H,23,25)/t18-,19-/m1/s1. The summed E-state index contributed by atoms with van der Waals surface area (Å²) in [5.74, 6) is 0.447. The average molecular weight is 360 g/mol. The Morgan fingerprint density at radius 3 is 2.73 bits per heavy atom. The predicted octanol–water partition coefficient (Wildman–Crippen LogP) is 4.14. The highest BCUT2D eigenvalue weighted by atomic mass is 16.5. The fourth-order valence-electron chi connectivity index (χ4n) is 3.16. The van der Waals surface area contributed by atoms with Gasteiger partial charge in [0.05, 0.1) is 12.1 Å². The van der Waals surface area contributed by atoms with Crippen LogP contribution >= 0.6 is 0 Å². The van der Waals surface area contributed by atoms with Crippen molar-refractivity contribution >= 4 is 17.5 Å². The Balaban J connectivity index is 1.95. The zero-order valence-corrected chi connectivity index (χ0v) is 16.2. The molecule has 0 saturated heterocycles. The van der Waals surface area contributed by atoms with Crippen LogP contribution in [0.15, 0.2) is 24.3 Å². The number of rotatable bonds is 8. The molecule has 0 radical (unpaired) electrons. The number of anilines is 1. The number of amides is 2. The van der Waals surface area contributed by atoms with E-state index in [1.165, 1.54) is 0 Å². The summed E-state index contributed by atoms with van der Waals surface area (Å²) in [4.78, 5) is 24.2. The highest BCUT2D eigenvalue weighted by molar-refractivity contribution is 5.97. The molecule has 2 rings (SSSR count). The summed E-state index contributed by atoms with van der Waals surface area (Å²) in [6.45, 7) is 6.92. The zero-order chi connectivity index (χ0) is 18.9. The van der Waals surface area contributed by atoms with Gasteiger partial charge >= 0.3 is 0 Å². The van der Waals surface area contributed by atoms with Crippen molar-refractivity contribution in [1.29, 1.82) is 0 Å². The lowest BCUT2D eigenvalue weighted by atomic mass is 9.92. The molecule has 2 atom stereocenters. The van der Waals surface area contributed by atoms with Crippen molar-refractivity contribution < 1.29 is 14.3 Å². The van der Waals surface area contributed by atoms with E-state index in [1.54, 1.807) is 31.2 Å². The van der Waals surface area contributed by atoms with Gasteiger partial charge in [-0.1, -0.05) is 39.7 Å². The van der Waals surface area contributed by atoms with Crippen LogP contribution in [-0.4, -0.2) is 30.6 Å². The number of hydrogen-bond acceptors (Lipinski definition) is 3. The molecule has 0 bridgehead atoms. The minimum atomic E-state index is -0.109. The van der Waals surface area contributed by atoms with Crippen molar-refractivity contribution in [2.24, 2.45) is 5.92 Å². The molecule has 2 amide bonds. The van der Waals surface area contributed by atoms with Gasteiger partial charge in [0, 0.05) is 24.3 Å². The van der Waals surface area contributed by atoms with Gasteiger partial charge in [-0.05, 0) is 43.4 Å². The fraction of sp³-hybridized carbons (Fsp3) is 0.619. The van der Waals surface area contributed by atoms with E-state index in [9.17, 15) is 9.59 Å². The average Bonchev–Trinajstić information content (AvgIpc) is 2.63. The summed E-state index contributed by atoms with van der Waals surface area (Å²) in [6, 6.07) is 7.13. The van der Waals surface area contributed by atoms with Gasteiger partial charge in [0.25, 0.3) is 5.91 Å². The van der Waals surface area contributed by atoms with Crippen molar-refractivity contribution in [3.63, 3.8) is 0 Å². The van der Waals surface area contributed by atoms with E-state index in [0.717, 1.165) is 38.7 Å². The smallest absolute Gasteiger partial charge is 0.251 e. The second-order valence-electron chi connectivity index (χ2n) is 7.44. The van der Waals surface area contributed by atoms with Crippen LogP contribution in [0.1, 0.15) is 69.7 Å². The van der Waals surface area contributed by atoms with Gasteiger partial charge in [-0.3, -0.25) is 9.59 Å². The fourth-order valence-corrected chi connectivity index (χ4v) is 3.16. The lowest BCUT2D eigenvalue weighted by Gasteiger charge is -2.32. The molecule has 0 aliphatic heterocycles. The molecule has 2 N–H and O–H groups in total. The lowest BCUT2D eigenvalue weighted by molar-refractivity contribution is -0.115. The third-order valence-electron chi connectivity index (χ3n) is 4.78. The molecule has 1 aliphatic rings. The molecule has 0 unspecified atom stereocenters. The third-order valence-corrected chi connectivity index (χ3v) is 4.78. The van der Waals surface area contributed by atoms with Crippen LogP contribution in [0.4, 0.5) is 5.69 Å². The monoisotopic (exact) mass is 360 g/mol. The highest BCUT2D eigenvalue weighted by Crippen LogP contribution is 2.22. The second kappa shape index (κ2) is 10.3. The number of carbonyl (C=O) groups is 2. The largest absolute Gasteiger partial charge is 0.376 e. The van der Waals surface area contributed by atoms with Gasteiger partial charge in [-0.2, -0.15) is 0 Å². The van der Waals surface area contributed by atoms with Crippen LogP contribution in [0.5, 0.6) is 0 Å². The van der Waals surface area contributed by atoms with Crippen LogP contribution in [0.3, 0.4) is 0 Å². The molecule has 5 nitrogen and oxygen atoms in total. The maximum atomic E-state index is 12.7. The first-order valence-corrected chi connectivity index (χ1v) is 9.82. The molecule has 0 aromatic heterocycles. The maximum Gasteiger partial charge on any atom is 0.251 e. The van der Waals surface area contributed by atoms with E-state index in [1.807, 2.05) is 0 Å². The molecule has 5 heteroatoms. The molecule has 1 fully saturated rings. The Morgan fingerprint density at radius 2 is 2.00 bits per heavy atom. The molecule has 26 heavy (non-hydrogen) atoms. The summed E-state index contributed by atoms with van der Waals surface area (Å²) in [5.41, 5.74) is 1.21. The van der Waals surface area contributed by atoms with E-state index < -0.39 is 0 Å². The number of benzene rings is 1. The molecular formula is C21H32N2O3. The van der Waals surface area contributed by atoms with Crippen molar-refractivity contribution in [2.45, 2.75) is 71.4 Å². The van der Waals surface area contributed by atoms with E-state index in [2.05, 4.69) is 24.5 Å². The van der Waals surface area contributed by atoms with Crippen LogP contribution in [0.25, 0.3) is 0 Å². The van der Waals surface area contributed by atoms with Gasteiger partial charge in [0.15, 0.2) is 0 Å². The first-order chi connectivity index (χ1) is 12.5. The van der Waals surface area contributed by atoms with Gasteiger partial charge in [0.1, 0.15) is 0 Å². The summed E-state index contributed by atoms with van der Waals surface area (Å²) in [5, 5.41) is 5.94. The molecule has 0 spiro atoms. The molecule has 1 aromatic carbocycles. The first kappa shape index (κ1) is 20.4. The lowest BCUT2D eigenvalue weighted by Crippen LogP contribution is -2.46. The van der Waals surface area contributed by atoms with Crippen molar-refractivity contribution in [3.8, 4) is 0 Å². The third kappa shape index (κ3) is 6.45. The van der Waals surface area contributed by atoms with Crippen LogP contribution in [0, 0.1) is 5.92 Å². The quantitative estimate of drug-likeness (QED) is 0.732. The second-order valence-corrected chi connectivity index (χ2v) is 7.44. The Hall–Kier alpha value is -1.88. The Kier molecular flexibility index (Phi) is 8.10. The van der Waals surface area contributed by atoms with Gasteiger partial charge in [-0.15, -0.1) is 0 Å². The SMILES string of the molecule is CCC(=O)Nc1cccc(C(=O)N[C@@H]2CCCC[C@H]2OCCC(C)C)c1. The minimum absolute atomic E-state index is 0.0531. The minimum Gasteiger partial charge on any atom is -0.376 e. The summed E-state index contributed by atoms with van der Waals surface area (Å²) in [7, 11) is 0. The Morgan fingerprint density at radius 1 is 1.23 bits per heavy atom. The predicted molar refractivity (Wildman–Crippen MR) is 104 cm³/mol. The molecule has 1 aliphatic carbocycles. The number of hydrogen-bond donors (Lipinski definition) is 2. The van der Waals surface area contributed by atoms with E-state index in [4.69, 9.17) is 4.74 Å². The molecule has 0 heterocycles. The van der Waals surface area contributed by atoms with Crippen LogP contribution < -0.4 is 10.6 Å². The number of nitrogens with one attached hydrogen (secondary N) is 2. The van der Waals surface area contributed by atoms with Crippen molar-refractivity contribution in [1.82, 2.24) is 5.32 Å². The highest BCUT2D eigenvalue weighted by Gasteiger charge is 2.27. The summed E-state index contributed by atoms with van der Waals surface area (Å²) < 4.78 is 6.06. The zero-order valence-electron chi connectivity index (χ0n) is 16.2. The summed E-state index contributed by atoms with van der Waals surface area (Å²) in [6.07, 6.45) is 5.75. The first-order valence-electron chi connectivity index (χ1n) is 9.82. The summed E-state index contributed by atoms with van der Waals surface area (Å²) >= 11 is 0. The maximum absolute atomic E-state index is 12.7. The van der Waals surface area contributed by atoms with Gasteiger partial charge in [0.2, 0.25) is 5.91 Å². The van der Waals surface area contributed by atoms with E-state index in [-0.39, 0.29) is 24.0 Å². The van der Waals surface area contributed by atoms with E-state index in [0.29, 0.717) is 23.6 Å². The van der Waals surface area contributed by atoms with E-state index >= 15 is 0 Å².